The Hall–Kier alpha value is 0.0900. The second kappa shape index (κ2) is 6.24. The lowest BCUT2D eigenvalue weighted by atomic mass is 9.98. The van der Waals surface area contributed by atoms with Crippen molar-refractivity contribution in [1.82, 2.24) is 4.72 Å². The Morgan fingerprint density at radius 2 is 2.00 bits per heavy atom. The van der Waals surface area contributed by atoms with E-state index in [0.29, 0.717) is 10.8 Å². The summed E-state index contributed by atoms with van der Waals surface area (Å²) in [4.78, 5) is 1.25. The van der Waals surface area contributed by atoms with Crippen molar-refractivity contribution in [1.29, 1.82) is 0 Å². The summed E-state index contributed by atoms with van der Waals surface area (Å²) < 4.78 is 28.7. The highest BCUT2D eigenvalue weighted by atomic mass is 79.9. The number of thiophene rings is 1. The maximum atomic E-state index is 12.5. The van der Waals surface area contributed by atoms with E-state index in [9.17, 15) is 8.42 Å². The Morgan fingerprint density at radius 1 is 1.32 bits per heavy atom. The Labute approximate surface area is 128 Å². The van der Waals surface area contributed by atoms with Crippen LogP contribution < -0.4 is 4.72 Å². The van der Waals surface area contributed by atoms with Crippen LogP contribution in [-0.2, 0) is 10.0 Å². The van der Waals surface area contributed by atoms with Gasteiger partial charge in [0.1, 0.15) is 0 Å². The molecule has 0 aromatic carbocycles. The van der Waals surface area contributed by atoms with Crippen LogP contribution in [0.25, 0.3) is 0 Å². The zero-order valence-electron chi connectivity index (χ0n) is 11.3. The molecular formula is C13H20BrNO2S2. The van der Waals surface area contributed by atoms with E-state index in [1.165, 1.54) is 24.2 Å². The Balaban J connectivity index is 2.18. The molecule has 108 valence electrons. The van der Waals surface area contributed by atoms with Gasteiger partial charge in [0.15, 0.2) is 0 Å². The summed E-state index contributed by atoms with van der Waals surface area (Å²) >= 11 is 4.81. The van der Waals surface area contributed by atoms with Crippen LogP contribution in [0.5, 0.6) is 0 Å². The lowest BCUT2D eigenvalue weighted by molar-refractivity contribution is 0.399. The van der Waals surface area contributed by atoms with Crippen LogP contribution in [-0.4, -0.2) is 14.5 Å². The molecule has 0 radical (unpaired) electrons. The molecule has 1 aliphatic carbocycles. The van der Waals surface area contributed by atoms with Crippen molar-refractivity contribution >= 4 is 37.3 Å². The fourth-order valence-electron chi connectivity index (χ4n) is 2.63. The van der Waals surface area contributed by atoms with Crippen molar-refractivity contribution < 1.29 is 8.42 Å². The molecule has 1 aliphatic rings. The third-order valence-corrected chi connectivity index (χ3v) is 7.10. The molecule has 1 aromatic heterocycles. The van der Waals surface area contributed by atoms with Gasteiger partial charge in [-0.1, -0.05) is 26.2 Å². The summed E-state index contributed by atoms with van der Waals surface area (Å²) in [6, 6.07) is 1.77. The van der Waals surface area contributed by atoms with Crippen molar-refractivity contribution in [2.75, 3.05) is 0 Å². The Kier molecular flexibility index (Phi) is 5.09. The highest BCUT2D eigenvalue weighted by molar-refractivity contribution is 9.11. The Bertz CT molecular complexity index is 539. The summed E-state index contributed by atoms with van der Waals surface area (Å²) in [7, 11) is -3.39. The third kappa shape index (κ3) is 3.80. The van der Waals surface area contributed by atoms with Gasteiger partial charge in [-0.05, 0) is 47.7 Å². The first-order chi connectivity index (χ1) is 8.90. The van der Waals surface area contributed by atoms with E-state index in [2.05, 4.69) is 27.6 Å². The highest BCUT2D eigenvalue weighted by Crippen LogP contribution is 2.31. The summed E-state index contributed by atoms with van der Waals surface area (Å²) in [5, 5.41) is 0. The predicted molar refractivity (Wildman–Crippen MR) is 83.1 cm³/mol. The van der Waals surface area contributed by atoms with Gasteiger partial charge < -0.3 is 0 Å². The molecule has 0 amide bonds. The monoisotopic (exact) mass is 365 g/mol. The Morgan fingerprint density at radius 3 is 2.63 bits per heavy atom. The zero-order chi connectivity index (χ0) is 14.0. The van der Waals surface area contributed by atoms with Gasteiger partial charge in [-0.15, -0.1) is 11.3 Å². The number of rotatable bonds is 3. The van der Waals surface area contributed by atoms with Crippen molar-refractivity contribution in [3.8, 4) is 0 Å². The van der Waals surface area contributed by atoms with Gasteiger partial charge in [-0.25, -0.2) is 13.1 Å². The molecule has 1 aromatic rings. The van der Waals surface area contributed by atoms with Crippen LogP contribution >= 0.6 is 27.3 Å². The number of hydrogen-bond donors (Lipinski definition) is 1. The zero-order valence-corrected chi connectivity index (χ0v) is 14.5. The second-order valence-electron chi connectivity index (χ2n) is 5.31. The average molecular weight is 366 g/mol. The van der Waals surface area contributed by atoms with E-state index >= 15 is 0 Å². The van der Waals surface area contributed by atoms with Gasteiger partial charge in [0.2, 0.25) is 10.0 Å². The lowest BCUT2D eigenvalue weighted by Crippen LogP contribution is -2.38. The molecule has 2 unspecified atom stereocenters. The molecule has 1 fully saturated rings. The molecular weight excluding hydrogens is 346 g/mol. The molecule has 1 N–H and O–H groups in total. The first-order valence-electron chi connectivity index (χ1n) is 6.68. The molecule has 1 saturated carbocycles. The predicted octanol–water partition coefficient (Wildman–Crippen LogP) is 4.07. The maximum Gasteiger partial charge on any atom is 0.241 e. The molecule has 3 nitrogen and oxygen atoms in total. The molecule has 0 saturated heterocycles. The van der Waals surface area contributed by atoms with Gasteiger partial charge in [-0.2, -0.15) is 0 Å². The van der Waals surface area contributed by atoms with E-state index in [1.54, 1.807) is 6.07 Å². The molecule has 0 aliphatic heterocycles. The van der Waals surface area contributed by atoms with Crippen molar-refractivity contribution in [2.24, 2.45) is 5.92 Å². The summed E-state index contributed by atoms with van der Waals surface area (Å²) in [6.45, 7) is 4.00. The van der Waals surface area contributed by atoms with E-state index < -0.39 is 10.0 Å². The number of hydrogen-bond acceptors (Lipinski definition) is 3. The molecule has 19 heavy (non-hydrogen) atoms. The molecule has 2 rings (SSSR count). The third-order valence-electron chi connectivity index (χ3n) is 3.80. The SMILES string of the molecule is Cc1sc(Br)cc1S(=O)(=O)NC1CCCCCC1C. The average Bonchev–Trinajstić information content (AvgIpc) is 2.54. The highest BCUT2D eigenvalue weighted by Gasteiger charge is 2.27. The smallest absolute Gasteiger partial charge is 0.208 e. The minimum Gasteiger partial charge on any atom is -0.208 e. The van der Waals surface area contributed by atoms with Crippen molar-refractivity contribution in [2.45, 2.75) is 56.9 Å². The number of sulfonamides is 1. The molecule has 2 atom stereocenters. The summed E-state index contributed by atoms with van der Waals surface area (Å²) in [5.74, 6) is 0.416. The van der Waals surface area contributed by atoms with Gasteiger partial charge >= 0.3 is 0 Å². The van der Waals surface area contributed by atoms with Gasteiger partial charge in [-0.3, -0.25) is 0 Å². The first kappa shape index (κ1) is 15.5. The molecule has 6 heteroatoms. The van der Waals surface area contributed by atoms with Gasteiger partial charge in [0, 0.05) is 10.9 Å². The van der Waals surface area contributed by atoms with Crippen LogP contribution in [0.3, 0.4) is 0 Å². The normalized spacial score (nSPS) is 25.2. The topological polar surface area (TPSA) is 46.2 Å². The molecule has 0 spiro atoms. The quantitative estimate of drug-likeness (QED) is 0.820. The minimum atomic E-state index is -3.39. The maximum absolute atomic E-state index is 12.5. The van der Waals surface area contributed by atoms with Gasteiger partial charge in [0.05, 0.1) is 8.68 Å². The summed E-state index contributed by atoms with van der Waals surface area (Å²) in [6.07, 6.45) is 5.60. The van der Waals surface area contributed by atoms with Crippen LogP contribution in [0, 0.1) is 12.8 Å². The lowest BCUT2D eigenvalue weighted by Gasteiger charge is -2.22. The van der Waals surface area contributed by atoms with Crippen LogP contribution in [0.1, 0.15) is 43.9 Å². The largest absolute Gasteiger partial charge is 0.241 e. The van der Waals surface area contributed by atoms with E-state index in [4.69, 9.17) is 0 Å². The molecule has 1 heterocycles. The van der Waals surface area contributed by atoms with Crippen LogP contribution in [0.15, 0.2) is 14.7 Å². The first-order valence-corrected chi connectivity index (χ1v) is 9.77. The fraction of sp³-hybridized carbons (Fsp3) is 0.692. The van der Waals surface area contributed by atoms with Gasteiger partial charge in [0.25, 0.3) is 0 Å². The van der Waals surface area contributed by atoms with E-state index in [0.717, 1.165) is 27.9 Å². The van der Waals surface area contributed by atoms with Crippen molar-refractivity contribution in [3.63, 3.8) is 0 Å². The van der Waals surface area contributed by atoms with E-state index in [1.807, 2.05) is 6.92 Å². The number of aryl methyl sites for hydroxylation is 1. The second-order valence-corrected chi connectivity index (χ2v) is 9.63. The summed E-state index contributed by atoms with van der Waals surface area (Å²) in [5.41, 5.74) is 0. The molecule has 0 bridgehead atoms. The standard InChI is InChI=1S/C13H20BrNO2S2/c1-9-6-4-3-5-7-11(9)15-19(16,17)12-8-13(14)18-10(12)2/h8-9,11,15H,3-7H2,1-2H3. The number of nitrogens with one attached hydrogen (secondary N) is 1. The van der Waals surface area contributed by atoms with Crippen LogP contribution in [0.4, 0.5) is 0 Å². The minimum absolute atomic E-state index is 0.0746. The van der Waals surface area contributed by atoms with E-state index in [-0.39, 0.29) is 6.04 Å². The number of halogens is 1. The fourth-order valence-corrected chi connectivity index (χ4v) is 6.42. The van der Waals surface area contributed by atoms with Crippen LogP contribution in [0.2, 0.25) is 0 Å². The van der Waals surface area contributed by atoms with Crippen molar-refractivity contribution in [3.05, 3.63) is 14.7 Å².